The van der Waals surface area contributed by atoms with Crippen LogP contribution in [0.1, 0.15) is 84.8 Å². The second-order valence-electron chi connectivity index (χ2n) is 9.63. The molecule has 0 amide bonds. The van der Waals surface area contributed by atoms with Gasteiger partial charge in [0, 0.05) is 21.5 Å². The Morgan fingerprint density at radius 1 is 1.00 bits per heavy atom. The van der Waals surface area contributed by atoms with Crippen LogP contribution in [0.3, 0.4) is 0 Å². The highest BCUT2D eigenvalue weighted by Crippen LogP contribution is 2.73. The van der Waals surface area contributed by atoms with Crippen molar-refractivity contribution in [3.05, 3.63) is 58.9 Å². The maximum absolute atomic E-state index is 14.2. The number of aryl methyl sites for hydroxylation is 1. The second-order valence-corrected chi connectivity index (χ2v) is 14.0. The Morgan fingerprint density at radius 3 is 2.23 bits per heavy atom. The van der Waals surface area contributed by atoms with Crippen molar-refractivity contribution < 1.29 is 4.57 Å². The zero-order chi connectivity index (χ0) is 19.6. The Kier molecular flexibility index (Phi) is 6.44. The van der Waals surface area contributed by atoms with Gasteiger partial charge in [-0.25, -0.2) is 0 Å². The minimum atomic E-state index is -2.55. The Labute approximate surface area is 161 Å². The molecule has 1 aromatic carbocycles. The topological polar surface area (TPSA) is 17.1 Å². The normalized spacial score (nSPS) is 18.3. The molecular formula is C24H37OP. The third kappa shape index (κ3) is 4.25. The molecule has 1 aromatic rings. The third-order valence-corrected chi connectivity index (χ3v) is 10.3. The molecule has 0 saturated carbocycles. The van der Waals surface area contributed by atoms with Crippen molar-refractivity contribution in [2.45, 2.75) is 90.4 Å². The molecular weight excluding hydrogens is 335 g/mol. The second kappa shape index (κ2) is 7.89. The van der Waals surface area contributed by atoms with Crippen LogP contribution in [0.15, 0.2) is 47.8 Å². The van der Waals surface area contributed by atoms with Gasteiger partial charge in [-0.05, 0) is 24.0 Å². The van der Waals surface area contributed by atoms with E-state index >= 15 is 0 Å². The van der Waals surface area contributed by atoms with E-state index in [2.05, 4.69) is 91.0 Å². The number of unbranched alkanes of at least 4 members (excludes halogenated alkanes) is 2. The molecule has 0 N–H and O–H groups in total. The van der Waals surface area contributed by atoms with Crippen LogP contribution < -0.4 is 0 Å². The summed E-state index contributed by atoms with van der Waals surface area (Å²) in [5.74, 6) is 0.245. The van der Waals surface area contributed by atoms with Gasteiger partial charge in [-0.15, -0.1) is 0 Å². The molecule has 26 heavy (non-hydrogen) atoms. The van der Waals surface area contributed by atoms with Gasteiger partial charge in [0.05, 0.1) is 0 Å². The summed E-state index contributed by atoms with van der Waals surface area (Å²) in [7, 11) is -2.55. The molecule has 0 aromatic heterocycles. The van der Waals surface area contributed by atoms with Crippen LogP contribution >= 0.6 is 7.14 Å². The molecule has 0 heterocycles. The molecule has 1 atom stereocenters. The fourth-order valence-electron chi connectivity index (χ4n) is 4.23. The van der Waals surface area contributed by atoms with Crippen LogP contribution in [0.4, 0.5) is 0 Å². The first kappa shape index (κ1) is 21.2. The van der Waals surface area contributed by atoms with Crippen molar-refractivity contribution in [1.29, 1.82) is 0 Å². The number of benzene rings is 1. The molecule has 1 aliphatic carbocycles. The lowest BCUT2D eigenvalue weighted by Gasteiger charge is -2.41. The minimum absolute atomic E-state index is 0.238. The van der Waals surface area contributed by atoms with Gasteiger partial charge in [-0.1, -0.05) is 104 Å². The van der Waals surface area contributed by atoms with E-state index in [-0.39, 0.29) is 16.2 Å². The molecule has 0 radical (unpaired) electrons. The summed E-state index contributed by atoms with van der Waals surface area (Å²) in [5, 5.41) is 0.579. The molecule has 1 unspecified atom stereocenters. The lowest BCUT2D eigenvalue weighted by atomic mass is 9.97. The summed E-state index contributed by atoms with van der Waals surface area (Å²) in [6.45, 7) is 15.0. The molecule has 1 nitrogen and oxygen atoms in total. The van der Waals surface area contributed by atoms with Crippen molar-refractivity contribution in [3.63, 3.8) is 0 Å². The number of allylic oxidation sites excluding steroid dienone is 4. The summed E-state index contributed by atoms with van der Waals surface area (Å²) >= 11 is 0. The largest absolute Gasteiger partial charge is 0.318 e. The van der Waals surface area contributed by atoms with Crippen LogP contribution in [0.5, 0.6) is 0 Å². The zero-order valence-corrected chi connectivity index (χ0v) is 18.7. The predicted octanol–water partition coefficient (Wildman–Crippen LogP) is 7.92. The fraction of sp³-hybridized carbons (Fsp3) is 0.583. The van der Waals surface area contributed by atoms with Crippen molar-refractivity contribution in [1.82, 2.24) is 0 Å². The molecule has 0 spiro atoms. The van der Waals surface area contributed by atoms with E-state index in [9.17, 15) is 4.57 Å². The van der Waals surface area contributed by atoms with Gasteiger partial charge in [0.25, 0.3) is 0 Å². The Morgan fingerprint density at radius 2 is 1.65 bits per heavy atom. The molecule has 144 valence electrons. The number of rotatable bonds is 6. The van der Waals surface area contributed by atoms with Crippen LogP contribution in [0.25, 0.3) is 0 Å². The first-order chi connectivity index (χ1) is 12.0. The highest BCUT2D eigenvalue weighted by molar-refractivity contribution is 7.71. The number of hydrogen-bond acceptors (Lipinski definition) is 1. The molecule has 0 aliphatic heterocycles. The van der Waals surface area contributed by atoms with Crippen LogP contribution in [-0.4, -0.2) is 10.3 Å². The maximum Gasteiger partial charge on any atom is 0.125 e. The Bertz CT molecular complexity index is 707. The highest BCUT2D eigenvalue weighted by atomic mass is 31.2. The van der Waals surface area contributed by atoms with E-state index in [1.54, 1.807) is 0 Å². The lowest BCUT2D eigenvalue weighted by Crippen LogP contribution is -2.29. The average molecular weight is 373 g/mol. The van der Waals surface area contributed by atoms with E-state index in [0.29, 0.717) is 0 Å². The van der Waals surface area contributed by atoms with Crippen LogP contribution in [-0.2, 0) is 11.0 Å². The summed E-state index contributed by atoms with van der Waals surface area (Å²) in [5.41, 5.74) is 2.74. The van der Waals surface area contributed by atoms with Gasteiger partial charge in [0.15, 0.2) is 0 Å². The molecule has 0 bridgehead atoms. The summed E-state index contributed by atoms with van der Waals surface area (Å²) in [6.07, 6.45) is 11.6. The van der Waals surface area contributed by atoms with E-state index in [1.165, 1.54) is 30.4 Å². The minimum Gasteiger partial charge on any atom is -0.318 e. The van der Waals surface area contributed by atoms with E-state index < -0.39 is 7.14 Å². The first-order valence-corrected chi connectivity index (χ1v) is 11.8. The highest BCUT2D eigenvalue weighted by Gasteiger charge is 2.48. The fourth-order valence-corrected chi connectivity index (χ4v) is 8.46. The van der Waals surface area contributed by atoms with E-state index in [0.717, 1.165) is 11.7 Å². The monoisotopic (exact) mass is 372 g/mol. The number of hydrogen-bond donors (Lipinski definition) is 0. The molecule has 0 fully saturated rings. The Hall–Kier alpha value is -1.07. The van der Waals surface area contributed by atoms with Gasteiger partial charge >= 0.3 is 0 Å². The summed E-state index contributed by atoms with van der Waals surface area (Å²) < 4.78 is 14.2. The van der Waals surface area contributed by atoms with Gasteiger partial charge in [-0.2, -0.15) is 0 Å². The molecule has 1 aliphatic rings. The van der Waals surface area contributed by atoms with Gasteiger partial charge in [-0.3, -0.25) is 0 Å². The average Bonchev–Trinajstić information content (AvgIpc) is 3.02. The predicted molar refractivity (Wildman–Crippen MR) is 117 cm³/mol. The van der Waals surface area contributed by atoms with Crippen LogP contribution in [0.2, 0.25) is 0 Å². The van der Waals surface area contributed by atoms with Crippen LogP contribution in [0, 0.1) is 0 Å². The van der Waals surface area contributed by atoms with Gasteiger partial charge in [0.2, 0.25) is 0 Å². The first-order valence-electron chi connectivity index (χ1n) is 10.1. The quantitative estimate of drug-likeness (QED) is 0.366. The zero-order valence-electron chi connectivity index (χ0n) is 17.8. The molecule has 2 rings (SSSR count). The van der Waals surface area contributed by atoms with E-state index in [4.69, 9.17) is 0 Å². The van der Waals surface area contributed by atoms with Gasteiger partial charge < -0.3 is 4.57 Å². The van der Waals surface area contributed by atoms with E-state index in [1.807, 2.05) is 0 Å². The molecule has 0 saturated heterocycles. The van der Waals surface area contributed by atoms with Crippen molar-refractivity contribution >= 4 is 7.14 Å². The van der Waals surface area contributed by atoms with Crippen molar-refractivity contribution in [3.8, 4) is 0 Å². The maximum atomic E-state index is 14.2. The lowest BCUT2D eigenvalue weighted by molar-refractivity contribution is 0.525. The standard InChI is InChI=1S/C24H37OP/c1-8-9-10-12-19-13-11-14-20(17-19)21-15-16-22(18-21)26(25,23(2,3)4)24(5,6)7/h11,13-18,21H,8-10,12H2,1-7H3. The van der Waals surface area contributed by atoms with Crippen molar-refractivity contribution in [2.24, 2.45) is 0 Å². The van der Waals surface area contributed by atoms with Crippen molar-refractivity contribution in [2.75, 3.05) is 0 Å². The van der Waals surface area contributed by atoms with Gasteiger partial charge in [0.1, 0.15) is 7.14 Å². The summed E-state index contributed by atoms with van der Waals surface area (Å²) in [6, 6.07) is 8.95. The summed E-state index contributed by atoms with van der Waals surface area (Å²) in [4.78, 5) is 0. The molecule has 2 heteroatoms. The SMILES string of the molecule is CCCCCc1cccc(C2C=CC(P(=O)(C(C)(C)C)C(C)(C)C)=C2)c1. The third-order valence-electron chi connectivity index (χ3n) is 5.48. The Balaban J connectivity index is 2.31. The smallest absolute Gasteiger partial charge is 0.125 e.